The van der Waals surface area contributed by atoms with Gasteiger partial charge >= 0.3 is 0 Å². The average molecular weight is 321 g/mol. The van der Waals surface area contributed by atoms with Crippen LogP contribution < -0.4 is 10.6 Å². The number of amides is 1. The third kappa shape index (κ3) is 2.14. The van der Waals surface area contributed by atoms with Gasteiger partial charge in [0.2, 0.25) is 0 Å². The molecule has 3 rings (SSSR count). The normalized spacial score (nSPS) is 14.3. The molecule has 0 saturated carbocycles. The number of rotatable bonds is 1. The van der Waals surface area contributed by atoms with Crippen LogP contribution >= 0.6 is 15.9 Å². The molecule has 1 aliphatic heterocycles. The summed E-state index contributed by atoms with van der Waals surface area (Å²) in [5, 5.41) is 0. The van der Waals surface area contributed by atoms with Gasteiger partial charge in [-0.05, 0) is 58.6 Å². The monoisotopic (exact) mass is 320 g/mol. The first-order valence-electron chi connectivity index (χ1n) is 6.10. The zero-order valence-electron chi connectivity index (χ0n) is 10.2. The molecule has 0 bridgehead atoms. The van der Waals surface area contributed by atoms with Crippen molar-refractivity contribution in [2.24, 2.45) is 0 Å². The summed E-state index contributed by atoms with van der Waals surface area (Å²) in [6.45, 7) is 0.716. The predicted molar refractivity (Wildman–Crippen MR) is 77.3 cm³/mol. The van der Waals surface area contributed by atoms with Crippen LogP contribution in [0.1, 0.15) is 22.3 Å². The second kappa shape index (κ2) is 4.74. The van der Waals surface area contributed by atoms with Crippen molar-refractivity contribution in [2.75, 3.05) is 17.2 Å². The highest BCUT2D eigenvalue weighted by Crippen LogP contribution is 2.31. The van der Waals surface area contributed by atoms with Crippen LogP contribution in [0.4, 0.5) is 11.4 Å². The van der Waals surface area contributed by atoms with Crippen molar-refractivity contribution in [1.29, 1.82) is 0 Å². The van der Waals surface area contributed by atoms with E-state index in [0.717, 1.165) is 29.8 Å². The maximum Gasteiger partial charge on any atom is 0.262 e. The van der Waals surface area contributed by atoms with Crippen molar-refractivity contribution in [3.63, 3.8) is 0 Å². The lowest BCUT2D eigenvalue weighted by Gasteiger charge is -2.29. The molecule has 1 aliphatic rings. The zero-order valence-corrected chi connectivity index (χ0v) is 11.8. The lowest BCUT2D eigenvalue weighted by Crippen LogP contribution is -2.35. The summed E-state index contributed by atoms with van der Waals surface area (Å²) in [5.41, 5.74) is 9.14. The summed E-state index contributed by atoms with van der Waals surface area (Å²) in [6.07, 6.45) is 3.40. The van der Waals surface area contributed by atoms with Crippen LogP contribution in [-0.2, 0) is 6.42 Å². The van der Waals surface area contributed by atoms with Gasteiger partial charge in [-0.2, -0.15) is 0 Å². The number of hydrogen-bond donors (Lipinski definition) is 1. The maximum absolute atomic E-state index is 12.5. The van der Waals surface area contributed by atoms with Gasteiger partial charge in [0.15, 0.2) is 4.67 Å². The first-order valence-corrected chi connectivity index (χ1v) is 6.89. The van der Waals surface area contributed by atoms with E-state index in [1.54, 1.807) is 11.0 Å². The van der Waals surface area contributed by atoms with E-state index in [0.29, 0.717) is 16.8 Å². The third-order valence-corrected chi connectivity index (χ3v) is 3.93. The highest BCUT2D eigenvalue weighted by atomic mass is 79.9. The van der Waals surface area contributed by atoms with E-state index in [1.165, 1.54) is 6.26 Å². The molecule has 1 aromatic carbocycles. The molecule has 1 aromatic heterocycles. The van der Waals surface area contributed by atoms with E-state index in [2.05, 4.69) is 15.9 Å². The van der Waals surface area contributed by atoms with Crippen molar-refractivity contribution in [3.05, 3.63) is 46.3 Å². The Labute approximate surface area is 119 Å². The fraction of sp³-hybridized carbons (Fsp3) is 0.214. The molecule has 0 unspecified atom stereocenters. The van der Waals surface area contributed by atoms with Crippen LogP contribution in [-0.4, -0.2) is 12.5 Å². The van der Waals surface area contributed by atoms with Crippen molar-refractivity contribution in [1.82, 2.24) is 0 Å². The summed E-state index contributed by atoms with van der Waals surface area (Å²) in [4.78, 5) is 14.3. The predicted octanol–water partition coefficient (Wildman–Crippen LogP) is 3.22. The molecule has 0 saturated heterocycles. The third-order valence-electron chi connectivity index (χ3n) is 3.32. The number of nitrogens with zero attached hydrogens (tertiary/aromatic N) is 1. The Kier molecular flexibility index (Phi) is 3.06. The van der Waals surface area contributed by atoms with Crippen molar-refractivity contribution >= 4 is 33.2 Å². The molecule has 2 N–H and O–H groups in total. The Balaban J connectivity index is 2.00. The molecule has 5 heteroatoms. The van der Waals surface area contributed by atoms with Gasteiger partial charge in [-0.15, -0.1) is 0 Å². The number of hydrogen-bond acceptors (Lipinski definition) is 3. The largest absolute Gasteiger partial charge is 0.457 e. The lowest BCUT2D eigenvalue weighted by molar-refractivity contribution is 0.0983. The molecule has 2 aromatic rings. The lowest BCUT2D eigenvalue weighted by atomic mass is 10.0. The maximum atomic E-state index is 12.5. The second-order valence-corrected chi connectivity index (χ2v) is 5.28. The molecule has 4 nitrogen and oxygen atoms in total. The fourth-order valence-corrected chi connectivity index (χ4v) is 2.83. The van der Waals surface area contributed by atoms with E-state index in [4.69, 9.17) is 10.2 Å². The Morgan fingerprint density at radius 3 is 2.95 bits per heavy atom. The quantitative estimate of drug-likeness (QED) is 0.821. The molecular formula is C14H13BrN2O2. The smallest absolute Gasteiger partial charge is 0.262 e. The Bertz CT molecular complexity index is 636. The molecular weight excluding hydrogens is 308 g/mol. The minimum atomic E-state index is -0.0497. The van der Waals surface area contributed by atoms with Crippen LogP contribution in [0.15, 0.2) is 39.6 Å². The number of benzene rings is 1. The minimum Gasteiger partial charge on any atom is -0.457 e. The molecule has 0 radical (unpaired) electrons. The van der Waals surface area contributed by atoms with Crippen molar-refractivity contribution in [3.8, 4) is 0 Å². The van der Waals surface area contributed by atoms with Crippen LogP contribution in [0.25, 0.3) is 0 Å². The molecule has 19 heavy (non-hydrogen) atoms. The van der Waals surface area contributed by atoms with Crippen LogP contribution in [0.5, 0.6) is 0 Å². The highest BCUT2D eigenvalue weighted by molar-refractivity contribution is 9.10. The molecule has 1 amide bonds. The topological polar surface area (TPSA) is 59.5 Å². The number of aryl methyl sites for hydroxylation is 1. The first kappa shape index (κ1) is 12.3. The minimum absolute atomic E-state index is 0.0497. The van der Waals surface area contributed by atoms with Gasteiger partial charge in [0.25, 0.3) is 5.91 Å². The van der Waals surface area contributed by atoms with E-state index in [9.17, 15) is 4.79 Å². The number of fused-ring (bicyclic) bond motifs is 1. The van der Waals surface area contributed by atoms with E-state index < -0.39 is 0 Å². The highest BCUT2D eigenvalue weighted by Gasteiger charge is 2.25. The average Bonchev–Trinajstić information content (AvgIpc) is 2.83. The summed E-state index contributed by atoms with van der Waals surface area (Å²) < 4.78 is 5.60. The summed E-state index contributed by atoms with van der Waals surface area (Å²) in [5.74, 6) is -0.0497. The molecule has 2 heterocycles. The number of carbonyl (C=O) groups is 1. The van der Waals surface area contributed by atoms with Gasteiger partial charge < -0.3 is 15.1 Å². The molecule has 0 aliphatic carbocycles. The zero-order chi connectivity index (χ0) is 13.4. The number of nitrogens with two attached hydrogens (primary N) is 1. The van der Waals surface area contributed by atoms with Gasteiger partial charge in [-0.1, -0.05) is 0 Å². The Morgan fingerprint density at radius 2 is 2.21 bits per heavy atom. The van der Waals surface area contributed by atoms with E-state index in [1.807, 2.05) is 18.2 Å². The van der Waals surface area contributed by atoms with Gasteiger partial charge in [0, 0.05) is 17.9 Å². The first-order chi connectivity index (χ1) is 9.16. The number of halogens is 1. The standard InChI is InChI=1S/C14H13BrN2O2/c15-13-11(5-7-19-13)14(18)17-6-1-2-9-8-10(16)3-4-12(9)17/h3-5,7-8H,1-2,6,16H2. The number of furan rings is 1. The van der Waals surface area contributed by atoms with Crippen LogP contribution in [0, 0.1) is 0 Å². The number of anilines is 2. The molecule has 0 spiro atoms. The molecule has 98 valence electrons. The number of nitrogen functional groups attached to an aromatic ring is 1. The fourth-order valence-electron chi connectivity index (χ4n) is 2.42. The van der Waals surface area contributed by atoms with Gasteiger partial charge in [-0.25, -0.2) is 0 Å². The van der Waals surface area contributed by atoms with Crippen LogP contribution in [0.3, 0.4) is 0 Å². The van der Waals surface area contributed by atoms with Gasteiger partial charge in [0.1, 0.15) is 0 Å². The van der Waals surface area contributed by atoms with E-state index in [-0.39, 0.29) is 5.91 Å². The Morgan fingerprint density at radius 1 is 1.37 bits per heavy atom. The second-order valence-electron chi connectivity index (χ2n) is 4.56. The van der Waals surface area contributed by atoms with Crippen LogP contribution in [0.2, 0.25) is 0 Å². The van der Waals surface area contributed by atoms with Crippen molar-refractivity contribution in [2.45, 2.75) is 12.8 Å². The molecule has 0 fully saturated rings. The van der Waals surface area contributed by atoms with Crippen molar-refractivity contribution < 1.29 is 9.21 Å². The SMILES string of the molecule is Nc1ccc2c(c1)CCCN2C(=O)c1ccoc1Br. The Hall–Kier alpha value is -1.75. The summed E-state index contributed by atoms with van der Waals surface area (Å²) in [7, 11) is 0. The summed E-state index contributed by atoms with van der Waals surface area (Å²) >= 11 is 3.25. The van der Waals surface area contributed by atoms with Gasteiger partial charge in [-0.3, -0.25) is 4.79 Å². The molecule has 0 atom stereocenters. The van der Waals surface area contributed by atoms with Gasteiger partial charge in [0.05, 0.1) is 11.8 Å². The van der Waals surface area contributed by atoms with E-state index >= 15 is 0 Å². The number of carbonyl (C=O) groups excluding carboxylic acids is 1. The summed E-state index contributed by atoms with van der Waals surface area (Å²) in [6, 6.07) is 7.36.